The number of halogens is 1. The number of hydrogen-bond donors (Lipinski definition) is 1. The first-order valence-electron chi connectivity index (χ1n) is 5.15. The molecule has 17 heavy (non-hydrogen) atoms. The van der Waals surface area contributed by atoms with Gasteiger partial charge < -0.3 is 10.2 Å². The molecule has 0 spiro atoms. The summed E-state index contributed by atoms with van der Waals surface area (Å²) in [5.74, 6) is 0.514. The third-order valence-corrected chi connectivity index (χ3v) is 2.78. The minimum atomic E-state index is 0.514. The van der Waals surface area contributed by atoms with Crippen molar-refractivity contribution in [2.24, 2.45) is 0 Å². The van der Waals surface area contributed by atoms with Crippen LogP contribution in [0.25, 0.3) is 22.6 Å². The van der Waals surface area contributed by atoms with Crippen LogP contribution in [0.5, 0.6) is 0 Å². The Labute approximate surface area is 103 Å². The molecule has 0 amide bonds. The van der Waals surface area contributed by atoms with Gasteiger partial charge in [-0.2, -0.15) is 0 Å². The monoisotopic (exact) mass is 244 g/mol. The van der Waals surface area contributed by atoms with Gasteiger partial charge in [0.15, 0.2) is 5.58 Å². The molecule has 0 aliphatic rings. The van der Waals surface area contributed by atoms with E-state index in [-0.39, 0.29) is 0 Å². The van der Waals surface area contributed by atoms with Crippen molar-refractivity contribution in [2.75, 3.05) is 5.73 Å². The second-order valence-corrected chi connectivity index (χ2v) is 4.15. The molecule has 0 fully saturated rings. The molecule has 1 aromatic heterocycles. The van der Waals surface area contributed by atoms with E-state index >= 15 is 0 Å². The molecule has 0 unspecified atom stereocenters. The number of rotatable bonds is 1. The molecule has 0 radical (unpaired) electrons. The summed E-state index contributed by atoms with van der Waals surface area (Å²) in [6, 6.07) is 12.8. The van der Waals surface area contributed by atoms with Gasteiger partial charge in [0.25, 0.3) is 0 Å². The van der Waals surface area contributed by atoms with Crippen molar-refractivity contribution in [3.8, 4) is 11.5 Å². The minimum absolute atomic E-state index is 0.514. The van der Waals surface area contributed by atoms with Crippen LogP contribution < -0.4 is 5.73 Å². The second-order valence-electron chi connectivity index (χ2n) is 3.72. The molecule has 0 saturated carbocycles. The lowest BCUT2D eigenvalue weighted by molar-refractivity contribution is 0.620. The first kappa shape index (κ1) is 10.2. The molecule has 0 aliphatic heterocycles. The van der Waals surface area contributed by atoms with Crippen LogP contribution in [0, 0.1) is 0 Å². The van der Waals surface area contributed by atoms with Gasteiger partial charge in [-0.25, -0.2) is 4.98 Å². The molecule has 0 saturated heterocycles. The highest BCUT2D eigenvalue weighted by molar-refractivity contribution is 6.31. The summed E-state index contributed by atoms with van der Waals surface area (Å²) in [5.41, 5.74) is 8.75. The van der Waals surface area contributed by atoms with Crippen LogP contribution in [0.1, 0.15) is 0 Å². The second kappa shape index (κ2) is 3.79. The summed E-state index contributed by atoms with van der Waals surface area (Å²) in [6.45, 7) is 0. The average molecular weight is 245 g/mol. The fourth-order valence-corrected chi connectivity index (χ4v) is 1.87. The predicted molar refractivity (Wildman–Crippen MR) is 68.9 cm³/mol. The average Bonchev–Trinajstić information content (AvgIpc) is 2.72. The summed E-state index contributed by atoms with van der Waals surface area (Å²) in [7, 11) is 0. The molecular weight excluding hydrogens is 236 g/mol. The Morgan fingerprint density at radius 3 is 2.76 bits per heavy atom. The van der Waals surface area contributed by atoms with Crippen LogP contribution in [0.4, 0.5) is 5.69 Å². The predicted octanol–water partition coefficient (Wildman–Crippen LogP) is 3.73. The third kappa shape index (κ3) is 1.74. The van der Waals surface area contributed by atoms with Gasteiger partial charge in [0, 0.05) is 16.8 Å². The van der Waals surface area contributed by atoms with Crippen molar-refractivity contribution in [3.63, 3.8) is 0 Å². The topological polar surface area (TPSA) is 52.0 Å². The van der Waals surface area contributed by atoms with Crippen molar-refractivity contribution < 1.29 is 4.42 Å². The number of hydrogen-bond acceptors (Lipinski definition) is 3. The molecule has 4 heteroatoms. The van der Waals surface area contributed by atoms with Gasteiger partial charge in [-0.3, -0.25) is 0 Å². The van der Waals surface area contributed by atoms with Crippen LogP contribution >= 0.6 is 11.6 Å². The Hall–Kier alpha value is -2.00. The normalized spacial score (nSPS) is 10.9. The molecule has 84 valence electrons. The molecular formula is C13H9ClN2O. The van der Waals surface area contributed by atoms with Gasteiger partial charge in [0.2, 0.25) is 5.89 Å². The van der Waals surface area contributed by atoms with Crippen molar-refractivity contribution >= 4 is 28.4 Å². The SMILES string of the molecule is Nc1ccccc1-c1nc2ccc(Cl)cc2o1. The van der Waals surface area contributed by atoms with Gasteiger partial charge in [-0.05, 0) is 24.3 Å². The molecule has 0 aliphatic carbocycles. The highest BCUT2D eigenvalue weighted by Crippen LogP contribution is 2.29. The summed E-state index contributed by atoms with van der Waals surface area (Å²) >= 11 is 5.89. The van der Waals surface area contributed by atoms with E-state index < -0.39 is 0 Å². The Morgan fingerprint density at radius 1 is 1.12 bits per heavy atom. The molecule has 2 N–H and O–H groups in total. The Bertz CT molecular complexity index is 691. The number of aromatic nitrogens is 1. The van der Waals surface area contributed by atoms with Gasteiger partial charge in [0.05, 0.1) is 5.56 Å². The van der Waals surface area contributed by atoms with Gasteiger partial charge in [-0.1, -0.05) is 23.7 Å². The van der Waals surface area contributed by atoms with Crippen molar-refractivity contribution in [1.29, 1.82) is 0 Å². The number of nitrogen functional groups attached to an aromatic ring is 1. The molecule has 3 nitrogen and oxygen atoms in total. The molecule has 3 rings (SSSR count). The van der Waals surface area contributed by atoms with Crippen LogP contribution in [-0.4, -0.2) is 4.98 Å². The van der Waals surface area contributed by atoms with E-state index in [1.165, 1.54) is 0 Å². The van der Waals surface area contributed by atoms with E-state index in [2.05, 4.69) is 4.98 Å². The lowest BCUT2D eigenvalue weighted by atomic mass is 10.2. The molecule has 0 bridgehead atoms. The van der Waals surface area contributed by atoms with Crippen LogP contribution in [0.2, 0.25) is 5.02 Å². The number of benzene rings is 2. The molecule has 3 aromatic rings. The molecule has 2 aromatic carbocycles. The zero-order valence-electron chi connectivity index (χ0n) is 8.85. The quantitative estimate of drug-likeness (QED) is 0.664. The van der Waals surface area contributed by atoms with E-state index in [1.807, 2.05) is 30.3 Å². The van der Waals surface area contributed by atoms with E-state index in [4.69, 9.17) is 21.8 Å². The van der Waals surface area contributed by atoms with Crippen LogP contribution in [0.15, 0.2) is 46.9 Å². The summed E-state index contributed by atoms with van der Waals surface area (Å²) in [5, 5.41) is 0.626. The van der Waals surface area contributed by atoms with E-state index in [0.29, 0.717) is 22.2 Å². The van der Waals surface area contributed by atoms with E-state index in [9.17, 15) is 0 Å². The molecule has 1 heterocycles. The van der Waals surface area contributed by atoms with Crippen LogP contribution in [0.3, 0.4) is 0 Å². The lowest BCUT2D eigenvalue weighted by Crippen LogP contribution is -1.88. The third-order valence-electron chi connectivity index (χ3n) is 2.54. The Kier molecular flexibility index (Phi) is 2.27. The molecule has 0 atom stereocenters. The Morgan fingerprint density at radius 2 is 1.94 bits per heavy atom. The zero-order valence-corrected chi connectivity index (χ0v) is 9.61. The van der Waals surface area contributed by atoms with Crippen molar-refractivity contribution in [1.82, 2.24) is 4.98 Å². The van der Waals surface area contributed by atoms with E-state index in [0.717, 1.165) is 11.1 Å². The summed E-state index contributed by atoms with van der Waals surface area (Å²) < 4.78 is 5.64. The zero-order chi connectivity index (χ0) is 11.8. The van der Waals surface area contributed by atoms with Gasteiger partial charge in [0.1, 0.15) is 5.52 Å². The standard InChI is InChI=1S/C13H9ClN2O/c14-8-5-6-11-12(7-8)17-13(16-11)9-3-1-2-4-10(9)15/h1-7H,15H2. The van der Waals surface area contributed by atoms with Crippen LogP contribution in [-0.2, 0) is 0 Å². The van der Waals surface area contributed by atoms with Gasteiger partial charge in [-0.15, -0.1) is 0 Å². The largest absolute Gasteiger partial charge is 0.436 e. The maximum atomic E-state index is 5.89. The number of oxazole rings is 1. The smallest absolute Gasteiger partial charge is 0.229 e. The first-order valence-corrected chi connectivity index (χ1v) is 5.53. The number of fused-ring (bicyclic) bond motifs is 1. The minimum Gasteiger partial charge on any atom is -0.436 e. The van der Waals surface area contributed by atoms with Gasteiger partial charge >= 0.3 is 0 Å². The van der Waals surface area contributed by atoms with Crippen molar-refractivity contribution in [2.45, 2.75) is 0 Å². The first-order chi connectivity index (χ1) is 8.24. The Balaban J connectivity index is 2.22. The summed E-state index contributed by atoms with van der Waals surface area (Å²) in [6.07, 6.45) is 0. The fourth-order valence-electron chi connectivity index (χ4n) is 1.71. The lowest BCUT2D eigenvalue weighted by Gasteiger charge is -1.98. The highest BCUT2D eigenvalue weighted by Gasteiger charge is 2.10. The fraction of sp³-hybridized carbons (Fsp3) is 0. The maximum Gasteiger partial charge on any atom is 0.229 e. The van der Waals surface area contributed by atoms with Crippen molar-refractivity contribution in [3.05, 3.63) is 47.5 Å². The summed E-state index contributed by atoms with van der Waals surface area (Å²) in [4.78, 5) is 4.38. The highest BCUT2D eigenvalue weighted by atomic mass is 35.5. The maximum absolute atomic E-state index is 5.89. The number of nitrogens with zero attached hydrogens (tertiary/aromatic N) is 1. The number of nitrogens with two attached hydrogens (primary N) is 1. The number of anilines is 1. The van der Waals surface area contributed by atoms with E-state index in [1.54, 1.807) is 12.1 Å². The number of para-hydroxylation sites is 1.